The molecule has 0 aliphatic heterocycles. The zero-order valence-corrected chi connectivity index (χ0v) is 20.9. The van der Waals surface area contributed by atoms with Crippen LogP contribution in [0.3, 0.4) is 0 Å². The van der Waals surface area contributed by atoms with Crippen molar-refractivity contribution in [3.63, 3.8) is 0 Å². The summed E-state index contributed by atoms with van der Waals surface area (Å²) in [7, 11) is 0. The van der Waals surface area contributed by atoms with Crippen LogP contribution >= 0.6 is 0 Å². The minimum absolute atomic E-state index is 0.0996. The number of hydrogen-bond donors (Lipinski definition) is 2. The van der Waals surface area contributed by atoms with Crippen LogP contribution in [-0.4, -0.2) is 22.4 Å². The maximum Gasteiger partial charge on any atom is 0.0744 e. The van der Waals surface area contributed by atoms with Crippen LogP contribution in [0.15, 0.2) is 12.2 Å². The molecule has 5 saturated carbocycles. The highest BCUT2D eigenvalue weighted by atomic mass is 16.3. The van der Waals surface area contributed by atoms with Gasteiger partial charge in [0.25, 0.3) is 0 Å². The van der Waals surface area contributed by atoms with Gasteiger partial charge in [0.1, 0.15) is 0 Å². The lowest BCUT2D eigenvalue weighted by Gasteiger charge is -2.59. The first-order valence-electron chi connectivity index (χ1n) is 13.5. The lowest BCUT2D eigenvalue weighted by Crippen LogP contribution is -2.54. The highest BCUT2D eigenvalue weighted by molar-refractivity contribution is 5.28. The van der Waals surface area contributed by atoms with Crippen molar-refractivity contribution < 1.29 is 10.2 Å². The van der Waals surface area contributed by atoms with Crippen molar-refractivity contribution in [3.05, 3.63) is 12.2 Å². The number of aliphatic hydroxyl groups is 2. The first-order chi connectivity index (χ1) is 14.5. The molecule has 0 aromatic rings. The molecule has 5 aliphatic carbocycles. The van der Waals surface area contributed by atoms with Crippen molar-refractivity contribution in [3.8, 4) is 0 Å². The van der Waals surface area contributed by atoms with Gasteiger partial charge >= 0.3 is 0 Å². The zero-order chi connectivity index (χ0) is 22.4. The van der Waals surface area contributed by atoms with Crippen LogP contribution in [0.4, 0.5) is 0 Å². The second-order valence-corrected chi connectivity index (χ2v) is 13.8. The lowest BCUT2D eigenvalue weighted by atomic mass is 9.46. The van der Waals surface area contributed by atoms with Gasteiger partial charge in [0.15, 0.2) is 0 Å². The molecule has 0 heterocycles. The molecule has 0 radical (unpaired) electrons. The van der Waals surface area contributed by atoms with Gasteiger partial charge in [-0.1, -0.05) is 39.8 Å². The summed E-state index contributed by atoms with van der Waals surface area (Å²) in [6.45, 7) is 15.8. The summed E-state index contributed by atoms with van der Waals surface area (Å²) in [4.78, 5) is 0. The Bertz CT molecular complexity index is 741. The van der Waals surface area contributed by atoms with Gasteiger partial charge < -0.3 is 10.2 Å². The van der Waals surface area contributed by atoms with Crippen molar-refractivity contribution >= 4 is 0 Å². The van der Waals surface area contributed by atoms with Crippen molar-refractivity contribution in [2.24, 2.45) is 51.2 Å². The van der Waals surface area contributed by atoms with Crippen molar-refractivity contribution in [1.82, 2.24) is 0 Å². The summed E-state index contributed by atoms with van der Waals surface area (Å²) in [5.41, 5.74) is 2.70. The van der Waals surface area contributed by atoms with Gasteiger partial charge in [-0.3, -0.25) is 0 Å². The van der Waals surface area contributed by atoms with Crippen LogP contribution in [0.1, 0.15) is 105 Å². The molecule has 5 rings (SSSR count). The quantitative estimate of drug-likeness (QED) is 0.475. The molecule has 2 heteroatoms. The standard InChI is InChI=1S/C29H48O2/c1-18(2)23(30)11-7-19(3)20-8-9-21-22-10-12-24-26(4,5)25(31)13-14-29(24)17-28(22,29)16-15-27(20,21)6/h19-25,30-31H,1,7-17H2,2-6H3. The predicted octanol–water partition coefficient (Wildman–Crippen LogP) is 6.75. The van der Waals surface area contributed by atoms with Crippen LogP contribution in [-0.2, 0) is 0 Å². The highest BCUT2D eigenvalue weighted by Crippen LogP contribution is 2.87. The van der Waals surface area contributed by atoms with E-state index in [2.05, 4.69) is 34.3 Å². The van der Waals surface area contributed by atoms with E-state index < -0.39 is 0 Å². The summed E-state index contributed by atoms with van der Waals surface area (Å²) < 4.78 is 0. The Morgan fingerprint density at radius 2 is 1.65 bits per heavy atom. The molecule has 2 nitrogen and oxygen atoms in total. The number of fused-ring (bicyclic) bond motifs is 2. The van der Waals surface area contributed by atoms with Crippen LogP contribution in [0, 0.1) is 51.2 Å². The van der Waals surface area contributed by atoms with Gasteiger partial charge in [0.05, 0.1) is 12.2 Å². The molecule has 2 spiro atoms. The normalized spacial score (nSPS) is 51.6. The Kier molecular flexibility index (Phi) is 5.13. The second-order valence-electron chi connectivity index (χ2n) is 13.8. The Balaban J connectivity index is 1.34. The largest absolute Gasteiger partial charge is 0.393 e. The maximum atomic E-state index is 10.8. The number of aliphatic hydroxyl groups excluding tert-OH is 2. The molecular formula is C29H48O2. The first-order valence-corrected chi connectivity index (χ1v) is 13.5. The molecule has 0 aromatic heterocycles. The van der Waals surface area contributed by atoms with Crippen LogP contribution in [0.25, 0.3) is 0 Å². The van der Waals surface area contributed by atoms with E-state index in [1.807, 2.05) is 6.92 Å². The summed E-state index contributed by atoms with van der Waals surface area (Å²) in [5, 5.41) is 21.1. The molecule has 10 atom stereocenters. The third-order valence-corrected chi connectivity index (χ3v) is 12.5. The molecule has 5 aliphatic rings. The minimum atomic E-state index is -0.325. The Morgan fingerprint density at radius 1 is 0.935 bits per heavy atom. The summed E-state index contributed by atoms with van der Waals surface area (Å²) in [6, 6.07) is 0. The number of rotatable bonds is 5. The Morgan fingerprint density at radius 3 is 2.35 bits per heavy atom. The van der Waals surface area contributed by atoms with Crippen LogP contribution in [0.5, 0.6) is 0 Å². The Labute approximate surface area is 191 Å². The fourth-order valence-corrected chi connectivity index (χ4v) is 10.7. The molecule has 5 fully saturated rings. The van der Waals surface area contributed by atoms with E-state index >= 15 is 0 Å². The fraction of sp³-hybridized carbons (Fsp3) is 0.931. The van der Waals surface area contributed by atoms with E-state index in [0.717, 1.165) is 48.5 Å². The van der Waals surface area contributed by atoms with E-state index in [1.165, 1.54) is 51.4 Å². The van der Waals surface area contributed by atoms with Crippen molar-refractivity contribution in [1.29, 1.82) is 0 Å². The number of hydrogen-bond acceptors (Lipinski definition) is 2. The topological polar surface area (TPSA) is 40.5 Å². The minimum Gasteiger partial charge on any atom is -0.393 e. The van der Waals surface area contributed by atoms with Crippen LogP contribution in [0.2, 0.25) is 0 Å². The monoisotopic (exact) mass is 428 g/mol. The van der Waals surface area contributed by atoms with Gasteiger partial charge in [0, 0.05) is 0 Å². The molecule has 2 N–H and O–H groups in total. The summed E-state index contributed by atoms with van der Waals surface area (Å²) in [6.07, 6.45) is 13.9. The van der Waals surface area contributed by atoms with Crippen molar-refractivity contribution in [2.75, 3.05) is 0 Å². The average Bonchev–Trinajstić information content (AvgIpc) is 3.25. The lowest BCUT2D eigenvalue weighted by molar-refractivity contribution is -0.133. The van der Waals surface area contributed by atoms with E-state index in [1.54, 1.807) is 0 Å². The molecule has 0 amide bonds. The molecule has 0 aromatic carbocycles. The smallest absolute Gasteiger partial charge is 0.0744 e. The van der Waals surface area contributed by atoms with Gasteiger partial charge in [0.2, 0.25) is 0 Å². The van der Waals surface area contributed by atoms with E-state index in [0.29, 0.717) is 22.2 Å². The van der Waals surface area contributed by atoms with Crippen molar-refractivity contribution in [2.45, 2.75) is 117 Å². The van der Waals surface area contributed by atoms with Gasteiger partial charge in [-0.05, 0) is 129 Å². The maximum absolute atomic E-state index is 10.8. The van der Waals surface area contributed by atoms with E-state index in [-0.39, 0.29) is 17.6 Å². The fourth-order valence-electron chi connectivity index (χ4n) is 10.7. The average molecular weight is 429 g/mol. The Hall–Kier alpha value is -0.340. The summed E-state index contributed by atoms with van der Waals surface area (Å²) in [5.74, 6) is 4.11. The van der Waals surface area contributed by atoms with Crippen LogP contribution < -0.4 is 0 Å². The third kappa shape index (κ3) is 2.89. The zero-order valence-electron chi connectivity index (χ0n) is 20.9. The first kappa shape index (κ1) is 22.5. The van der Waals surface area contributed by atoms with Gasteiger partial charge in [-0.25, -0.2) is 0 Å². The van der Waals surface area contributed by atoms with Gasteiger partial charge in [-0.2, -0.15) is 0 Å². The highest BCUT2D eigenvalue weighted by Gasteiger charge is 2.80. The molecular weight excluding hydrogens is 380 g/mol. The molecule has 0 bridgehead atoms. The molecule has 176 valence electrons. The predicted molar refractivity (Wildman–Crippen MR) is 127 cm³/mol. The van der Waals surface area contributed by atoms with Gasteiger partial charge in [-0.15, -0.1) is 0 Å². The van der Waals surface area contributed by atoms with E-state index in [9.17, 15) is 10.2 Å². The molecule has 0 saturated heterocycles. The second kappa shape index (κ2) is 7.08. The summed E-state index contributed by atoms with van der Waals surface area (Å²) >= 11 is 0. The molecule has 10 unspecified atom stereocenters. The third-order valence-electron chi connectivity index (χ3n) is 12.5. The molecule has 31 heavy (non-hydrogen) atoms. The van der Waals surface area contributed by atoms with E-state index in [4.69, 9.17) is 0 Å². The SMILES string of the molecule is C=C(C)C(O)CCC(C)C1CCC2C3CCC4C(C)(C)C(O)CCC45CC35CCC12C.